The summed E-state index contributed by atoms with van der Waals surface area (Å²) < 4.78 is 27.0. The van der Waals surface area contributed by atoms with E-state index in [2.05, 4.69) is 4.98 Å². The van der Waals surface area contributed by atoms with Crippen molar-refractivity contribution in [2.24, 2.45) is 0 Å². The third-order valence-electron chi connectivity index (χ3n) is 3.79. The molecule has 21 heavy (non-hydrogen) atoms. The second-order valence-corrected chi connectivity index (χ2v) is 7.41. The average Bonchev–Trinajstić information content (AvgIpc) is 2.46. The first-order valence-electron chi connectivity index (χ1n) is 7.02. The van der Waals surface area contributed by atoms with Gasteiger partial charge in [0, 0.05) is 24.7 Å². The van der Waals surface area contributed by atoms with Gasteiger partial charge in [-0.05, 0) is 37.5 Å². The zero-order valence-electron chi connectivity index (χ0n) is 11.9. The van der Waals surface area contributed by atoms with Gasteiger partial charge in [-0.15, -0.1) is 0 Å². The molecule has 1 aromatic heterocycles. The SMILES string of the molecule is Cc1cnc2c(S(=O)(=O)N3CCC[C@H](O)C3)cccc2c1. The van der Waals surface area contributed by atoms with Crippen molar-refractivity contribution in [1.29, 1.82) is 0 Å². The summed E-state index contributed by atoms with van der Waals surface area (Å²) in [5.41, 5.74) is 1.48. The first-order chi connectivity index (χ1) is 9.98. The van der Waals surface area contributed by atoms with E-state index in [1.807, 2.05) is 19.1 Å². The van der Waals surface area contributed by atoms with Crippen LogP contribution in [0.4, 0.5) is 0 Å². The summed E-state index contributed by atoms with van der Waals surface area (Å²) in [4.78, 5) is 4.51. The summed E-state index contributed by atoms with van der Waals surface area (Å²) >= 11 is 0. The highest BCUT2D eigenvalue weighted by molar-refractivity contribution is 7.89. The van der Waals surface area contributed by atoms with Crippen molar-refractivity contribution in [3.8, 4) is 0 Å². The Balaban J connectivity index is 2.10. The second kappa shape index (κ2) is 5.36. The Bertz CT molecular complexity index is 774. The van der Waals surface area contributed by atoms with E-state index in [9.17, 15) is 13.5 Å². The van der Waals surface area contributed by atoms with Gasteiger partial charge in [-0.3, -0.25) is 4.98 Å². The van der Waals surface area contributed by atoms with Gasteiger partial charge < -0.3 is 5.11 Å². The number of sulfonamides is 1. The molecule has 3 rings (SSSR count). The van der Waals surface area contributed by atoms with Crippen LogP contribution in [0.3, 0.4) is 0 Å². The van der Waals surface area contributed by atoms with Crippen LogP contribution in [0, 0.1) is 6.92 Å². The molecule has 1 aliphatic heterocycles. The van der Waals surface area contributed by atoms with Crippen molar-refractivity contribution in [3.05, 3.63) is 36.0 Å². The van der Waals surface area contributed by atoms with E-state index in [0.717, 1.165) is 10.9 Å². The van der Waals surface area contributed by atoms with E-state index in [-0.39, 0.29) is 11.4 Å². The molecule has 1 saturated heterocycles. The summed E-state index contributed by atoms with van der Waals surface area (Å²) in [5, 5.41) is 10.5. The second-order valence-electron chi connectivity index (χ2n) is 5.50. The van der Waals surface area contributed by atoms with Crippen LogP contribution in [0.15, 0.2) is 35.4 Å². The number of benzene rings is 1. The van der Waals surface area contributed by atoms with Gasteiger partial charge in [0.2, 0.25) is 10.0 Å². The molecule has 1 atom stereocenters. The highest BCUT2D eigenvalue weighted by atomic mass is 32.2. The van der Waals surface area contributed by atoms with Crippen LogP contribution in [0.2, 0.25) is 0 Å². The van der Waals surface area contributed by atoms with Crippen molar-refractivity contribution in [3.63, 3.8) is 0 Å². The molecule has 0 aliphatic carbocycles. The molecular weight excluding hydrogens is 288 g/mol. The number of aliphatic hydroxyl groups is 1. The molecular formula is C15H18N2O3S. The van der Waals surface area contributed by atoms with E-state index >= 15 is 0 Å². The van der Waals surface area contributed by atoms with Gasteiger partial charge in [0.05, 0.1) is 11.6 Å². The number of para-hydroxylation sites is 1. The molecule has 6 heteroatoms. The zero-order chi connectivity index (χ0) is 15.0. The Labute approximate surface area is 124 Å². The Kier molecular flexibility index (Phi) is 3.69. The Morgan fingerprint density at radius 3 is 2.95 bits per heavy atom. The fourth-order valence-electron chi connectivity index (χ4n) is 2.73. The van der Waals surface area contributed by atoms with Gasteiger partial charge in [0.15, 0.2) is 0 Å². The molecule has 2 aromatic rings. The Morgan fingerprint density at radius 1 is 1.38 bits per heavy atom. The van der Waals surface area contributed by atoms with Crippen LogP contribution in [0.5, 0.6) is 0 Å². The van der Waals surface area contributed by atoms with Crippen molar-refractivity contribution in [2.75, 3.05) is 13.1 Å². The molecule has 112 valence electrons. The Hall–Kier alpha value is -1.50. The zero-order valence-corrected chi connectivity index (χ0v) is 12.7. The van der Waals surface area contributed by atoms with Gasteiger partial charge in [-0.25, -0.2) is 8.42 Å². The molecule has 0 radical (unpaired) electrons. The van der Waals surface area contributed by atoms with E-state index in [0.29, 0.717) is 24.9 Å². The number of aliphatic hydroxyl groups excluding tert-OH is 1. The van der Waals surface area contributed by atoms with E-state index in [1.54, 1.807) is 18.3 Å². The van der Waals surface area contributed by atoms with E-state index in [1.165, 1.54) is 4.31 Å². The molecule has 1 aromatic carbocycles. The molecule has 0 saturated carbocycles. The summed E-state index contributed by atoms with van der Waals surface area (Å²) in [6, 6.07) is 7.10. The maximum atomic E-state index is 12.8. The number of hydrogen-bond acceptors (Lipinski definition) is 4. The number of β-amino-alcohol motifs (C(OH)–C–C–N with tert-alkyl or cyclic N) is 1. The summed E-state index contributed by atoms with van der Waals surface area (Å²) in [6.45, 7) is 2.53. The number of aryl methyl sites for hydroxylation is 1. The van der Waals surface area contributed by atoms with E-state index in [4.69, 9.17) is 0 Å². The lowest BCUT2D eigenvalue weighted by molar-refractivity contribution is 0.108. The molecule has 1 aliphatic rings. The number of pyridine rings is 1. The van der Waals surface area contributed by atoms with Crippen LogP contribution in [-0.4, -0.2) is 42.0 Å². The monoisotopic (exact) mass is 306 g/mol. The standard InChI is InChI=1S/C15H18N2O3S/c1-11-8-12-4-2-6-14(15(12)16-9-11)21(19,20)17-7-3-5-13(18)10-17/h2,4,6,8-9,13,18H,3,5,7,10H2,1H3/t13-/m0/s1. The quantitative estimate of drug-likeness (QED) is 0.916. The predicted octanol–water partition coefficient (Wildman–Crippen LogP) is 1.69. The molecule has 0 bridgehead atoms. The normalized spacial score (nSPS) is 20.8. The number of rotatable bonds is 2. The average molecular weight is 306 g/mol. The lowest BCUT2D eigenvalue weighted by Gasteiger charge is -2.29. The molecule has 0 amide bonds. The first-order valence-corrected chi connectivity index (χ1v) is 8.46. The largest absolute Gasteiger partial charge is 0.392 e. The molecule has 0 spiro atoms. The predicted molar refractivity (Wildman–Crippen MR) is 80.5 cm³/mol. The van der Waals surface area contributed by atoms with Crippen LogP contribution >= 0.6 is 0 Å². The minimum absolute atomic E-state index is 0.157. The number of aromatic nitrogens is 1. The minimum Gasteiger partial charge on any atom is -0.392 e. The van der Waals surface area contributed by atoms with Crippen molar-refractivity contribution < 1.29 is 13.5 Å². The molecule has 2 heterocycles. The third kappa shape index (κ3) is 2.66. The maximum absolute atomic E-state index is 12.8. The Morgan fingerprint density at radius 2 is 2.19 bits per heavy atom. The number of hydrogen-bond donors (Lipinski definition) is 1. The van der Waals surface area contributed by atoms with Gasteiger partial charge in [-0.1, -0.05) is 12.1 Å². The fourth-order valence-corrected chi connectivity index (χ4v) is 4.41. The smallest absolute Gasteiger partial charge is 0.245 e. The van der Waals surface area contributed by atoms with Crippen LogP contribution in [0.1, 0.15) is 18.4 Å². The van der Waals surface area contributed by atoms with Crippen LogP contribution in [0.25, 0.3) is 10.9 Å². The number of nitrogens with zero attached hydrogens (tertiary/aromatic N) is 2. The molecule has 1 fully saturated rings. The number of piperidine rings is 1. The van der Waals surface area contributed by atoms with Gasteiger partial charge in [-0.2, -0.15) is 4.31 Å². The highest BCUT2D eigenvalue weighted by Crippen LogP contribution is 2.26. The fraction of sp³-hybridized carbons (Fsp3) is 0.400. The molecule has 5 nitrogen and oxygen atoms in total. The van der Waals surface area contributed by atoms with Crippen molar-refractivity contribution in [2.45, 2.75) is 30.8 Å². The lowest BCUT2D eigenvalue weighted by Crippen LogP contribution is -2.42. The van der Waals surface area contributed by atoms with Crippen molar-refractivity contribution in [1.82, 2.24) is 9.29 Å². The minimum atomic E-state index is -3.62. The topological polar surface area (TPSA) is 70.5 Å². The third-order valence-corrected chi connectivity index (χ3v) is 5.68. The highest BCUT2D eigenvalue weighted by Gasteiger charge is 2.30. The summed E-state index contributed by atoms with van der Waals surface area (Å²) in [7, 11) is -3.62. The molecule has 0 unspecified atom stereocenters. The molecule has 1 N–H and O–H groups in total. The summed E-state index contributed by atoms with van der Waals surface area (Å²) in [5.74, 6) is 0. The van der Waals surface area contributed by atoms with E-state index < -0.39 is 16.1 Å². The van der Waals surface area contributed by atoms with Gasteiger partial charge in [0.1, 0.15) is 4.90 Å². The maximum Gasteiger partial charge on any atom is 0.245 e. The van der Waals surface area contributed by atoms with Crippen LogP contribution in [-0.2, 0) is 10.0 Å². The number of fused-ring (bicyclic) bond motifs is 1. The van der Waals surface area contributed by atoms with Gasteiger partial charge >= 0.3 is 0 Å². The van der Waals surface area contributed by atoms with Crippen LogP contribution < -0.4 is 0 Å². The first kappa shape index (κ1) is 14.4. The summed E-state index contributed by atoms with van der Waals surface area (Å²) in [6.07, 6.45) is 2.42. The van der Waals surface area contributed by atoms with Gasteiger partial charge in [0.25, 0.3) is 0 Å². The van der Waals surface area contributed by atoms with Crippen molar-refractivity contribution >= 4 is 20.9 Å². The lowest BCUT2D eigenvalue weighted by atomic mass is 10.1.